The molecule has 0 saturated carbocycles. The Labute approximate surface area is 160 Å². The fourth-order valence-electron chi connectivity index (χ4n) is 3.06. The van der Waals surface area contributed by atoms with Crippen LogP contribution in [0.3, 0.4) is 0 Å². The highest BCUT2D eigenvalue weighted by atomic mass is 79.9. The third-order valence-electron chi connectivity index (χ3n) is 4.39. The molecule has 0 spiro atoms. The molecule has 1 heterocycles. The second kappa shape index (κ2) is 6.85. The van der Waals surface area contributed by atoms with Gasteiger partial charge in [0.25, 0.3) is 0 Å². The summed E-state index contributed by atoms with van der Waals surface area (Å²) in [5.74, 6) is -0.0721. The van der Waals surface area contributed by atoms with Crippen LogP contribution >= 0.6 is 15.9 Å². The second-order valence-electron chi connectivity index (χ2n) is 6.28. The summed E-state index contributed by atoms with van der Waals surface area (Å²) in [6, 6.07) is 25.5. The molecule has 0 atom stereocenters. The number of aromatic nitrogens is 1. The average Bonchev–Trinajstić information content (AvgIpc) is 2.68. The van der Waals surface area contributed by atoms with Crippen molar-refractivity contribution in [3.8, 4) is 11.1 Å². The van der Waals surface area contributed by atoms with Gasteiger partial charge in [0.1, 0.15) is 5.69 Å². The van der Waals surface area contributed by atoms with Gasteiger partial charge >= 0.3 is 0 Å². The summed E-state index contributed by atoms with van der Waals surface area (Å²) < 4.78 is 0.945. The van der Waals surface area contributed by atoms with Gasteiger partial charge in [0.05, 0.1) is 5.52 Å². The van der Waals surface area contributed by atoms with Gasteiger partial charge in [0.15, 0.2) is 0 Å². The van der Waals surface area contributed by atoms with Crippen molar-refractivity contribution in [1.29, 1.82) is 0 Å². The van der Waals surface area contributed by atoms with Gasteiger partial charge in [-0.3, -0.25) is 4.79 Å². The van der Waals surface area contributed by atoms with Crippen molar-refractivity contribution in [2.75, 3.05) is 0 Å². The van der Waals surface area contributed by atoms with Gasteiger partial charge in [0.2, 0.25) is 5.78 Å². The predicted octanol–water partition coefficient (Wildman–Crippen LogP) is 6.20. The first-order valence-corrected chi connectivity index (χ1v) is 9.18. The molecule has 0 aliphatic heterocycles. The lowest BCUT2D eigenvalue weighted by Gasteiger charge is -2.10. The molecule has 0 N–H and O–H groups in total. The molecule has 4 rings (SSSR count). The van der Waals surface area contributed by atoms with E-state index in [-0.39, 0.29) is 5.78 Å². The fraction of sp³-hybridized carbons (Fsp3) is 0.0435. The molecule has 0 amide bonds. The average molecular weight is 402 g/mol. The summed E-state index contributed by atoms with van der Waals surface area (Å²) >= 11 is 3.41. The minimum absolute atomic E-state index is 0.0721. The van der Waals surface area contributed by atoms with E-state index in [1.54, 1.807) is 0 Å². The van der Waals surface area contributed by atoms with Gasteiger partial charge in [-0.05, 0) is 60.5 Å². The quantitative estimate of drug-likeness (QED) is 0.382. The van der Waals surface area contributed by atoms with Gasteiger partial charge in [-0.25, -0.2) is 4.98 Å². The van der Waals surface area contributed by atoms with E-state index in [9.17, 15) is 4.79 Å². The number of rotatable bonds is 3. The molecule has 0 saturated heterocycles. The van der Waals surface area contributed by atoms with Crippen molar-refractivity contribution in [1.82, 2.24) is 4.98 Å². The Kier molecular flexibility index (Phi) is 4.39. The van der Waals surface area contributed by atoms with Gasteiger partial charge in [-0.2, -0.15) is 0 Å². The number of fused-ring (bicyclic) bond motifs is 1. The van der Waals surface area contributed by atoms with Crippen LogP contribution < -0.4 is 0 Å². The first-order valence-electron chi connectivity index (χ1n) is 8.39. The van der Waals surface area contributed by atoms with E-state index in [1.807, 2.05) is 60.7 Å². The minimum atomic E-state index is -0.0721. The molecular formula is C23H16BrNO. The maximum atomic E-state index is 13.0. The summed E-state index contributed by atoms with van der Waals surface area (Å²) in [5.41, 5.74) is 5.20. The molecule has 26 heavy (non-hydrogen) atoms. The number of carbonyl (C=O) groups excluding carboxylic acids is 1. The molecule has 3 heteroatoms. The van der Waals surface area contributed by atoms with E-state index < -0.39 is 0 Å². The zero-order valence-electron chi connectivity index (χ0n) is 14.2. The zero-order valence-corrected chi connectivity index (χ0v) is 15.8. The van der Waals surface area contributed by atoms with Crippen molar-refractivity contribution in [2.24, 2.45) is 0 Å². The summed E-state index contributed by atoms with van der Waals surface area (Å²) in [6.45, 7) is 2.06. The van der Waals surface area contributed by atoms with Crippen LogP contribution in [0, 0.1) is 6.92 Å². The summed E-state index contributed by atoms with van der Waals surface area (Å²) in [4.78, 5) is 17.6. The highest BCUT2D eigenvalue weighted by Gasteiger charge is 2.15. The van der Waals surface area contributed by atoms with Crippen LogP contribution in [0.15, 0.2) is 83.3 Å². The maximum absolute atomic E-state index is 13.0. The lowest BCUT2D eigenvalue weighted by atomic mass is 9.97. The number of aryl methyl sites for hydroxylation is 1. The third-order valence-corrected chi connectivity index (χ3v) is 4.92. The fourth-order valence-corrected chi connectivity index (χ4v) is 3.33. The molecular weight excluding hydrogens is 386 g/mol. The lowest BCUT2D eigenvalue weighted by Crippen LogP contribution is -2.05. The standard InChI is InChI=1S/C23H16BrNO/c1-15-7-12-21-20(13-15)19(16-5-3-2-4-6-16)14-22(25-21)23(26)17-8-10-18(24)11-9-17/h2-14H,1H3. The Balaban J connectivity index is 1.93. The smallest absolute Gasteiger partial charge is 0.211 e. The number of halogens is 1. The number of benzene rings is 3. The van der Waals surface area contributed by atoms with E-state index in [1.165, 1.54) is 5.56 Å². The van der Waals surface area contributed by atoms with Crippen molar-refractivity contribution in [2.45, 2.75) is 6.92 Å². The van der Waals surface area contributed by atoms with Crippen molar-refractivity contribution >= 4 is 32.6 Å². The molecule has 0 unspecified atom stereocenters. The minimum Gasteiger partial charge on any atom is -0.287 e. The van der Waals surface area contributed by atoms with E-state index in [2.05, 4.69) is 46.0 Å². The van der Waals surface area contributed by atoms with E-state index >= 15 is 0 Å². The van der Waals surface area contributed by atoms with Crippen molar-refractivity contribution in [3.63, 3.8) is 0 Å². The second-order valence-corrected chi connectivity index (χ2v) is 7.19. The predicted molar refractivity (Wildman–Crippen MR) is 109 cm³/mol. The highest BCUT2D eigenvalue weighted by Crippen LogP contribution is 2.30. The third kappa shape index (κ3) is 3.18. The first-order chi connectivity index (χ1) is 12.6. The number of hydrogen-bond acceptors (Lipinski definition) is 2. The van der Waals surface area contributed by atoms with E-state index in [4.69, 9.17) is 0 Å². The van der Waals surface area contributed by atoms with Gasteiger partial charge in [-0.15, -0.1) is 0 Å². The monoisotopic (exact) mass is 401 g/mol. The van der Waals surface area contributed by atoms with Crippen LogP contribution in [0.25, 0.3) is 22.0 Å². The van der Waals surface area contributed by atoms with Crippen LogP contribution in [0.1, 0.15) is 21.6 Å². The van der Waals surface area contributed by atoms with Crippen LogP contribution in [0.2, 0.25) is 0 Å². The van der Waals surface area contributed by atoms with E-state index in [0.29, 0.717) is 11.3 Å². The Morgan fingerprint density at radius 2 is 1.62 bits per heavy atom. The molecule has 0 bridgehead atoms. The highest BCUT2D eigenvalue weighted by molar-refractivity contribution is 9.10. The van der Waals surface area contributed by atoms with Gasteiger partial charge < -0.3 is 0 Å². The number of carbonyl (C=O) groups is 1. The zero-order chi connectivity index (χ0) is 18.1. The molecule has 126 valence electrons. The number of hydrogen-bond donors (Lipinski definition) is 0. The number of ketones is 1. The van der Waals surface area contributed by atoms with E-state index in [0.717, 1.165) is 26.5 Å². The van der Waals surface area contributed by atoms with Crippen molar-refractivity contribution < 1.29 is 4.79 Å². The summed E-state index contributed by atoms with van der Waals surface area (Å²) in [5, 5.41) is 1.06. The Bertz CT molecular complexity index is 1100. The molecule has 0 aliphatic carbocycles. The maximum Gasteiger partial charge on any atom is 0.211 e. The number of nitrogens with zero attached hydrogens (tertiary/aromatic N) is 1. The summed E-state index contributed by atoms with van der Waals surface area (Å²) in [7, 11) is 0. The molecule has 3 aromatic carbocycles. The first kappa shape index (κ1) is 16.7. The number of pyridine rings is 1. The normalized spacial score (nSPS) is 10.8. The van der Waals surface area contributed by atoms with Crippen LogP contribution in [-0.2, 0) is 0 Å². The Morgan fingerprint density at radius 1 is 0.885 bits per heavy atom. The topological polar surface area (TPSA) is 30.0 Å². The van der Waals surface area contributed by atoms with Crippen LogP contribution in [0.4, 0.5) is 0 Å². The van der Waals surface area contributed by atoms with Crippen LogP contribution in [-0.4, -0.2) is 10.8 Å². The molecule has 1 aromatic heterocycles. The molecule has 4 aromatic rings. The Morgan fingerprint density at radius 3 is 2.35 bits per heavy atom. The van der Waals surface area contributed by atoms with Crippen LogP contribution in [0.5, 0.6) is 0 Å². The van der Waals surface area contributed by atoms with Gasteiger partial charge in [0, 0.05) is 15.4 Å². The molecule has 0 fully saturated rings. The largest absolute Gasteiger partial charge is 0.287 e. The molecule has 0 radical (unpaired) electrons. The SMILES string of the molecule is Cc1ccc2nc(C(=O)c3ccc(Br)cc3)cc(-c3ccccc3)c2c1. The van der Waals surface area contributed by atoms with Crippen molar-refractivity contribution in [3.05, 3.63) is 100 Å². The molecule has 2 nitrogen and oxygen atoms in total. The Hall–Kier alpha value is -2.78. The summed E-state index contributed by atoms with van der Waals surface area (Å²) in [6.07, 6.45) is 0. The van der Waals surface area contributed by atoms with Gasteiger partial charge in [-0.1, -0.05) is 57.9 Å². The lowest BCUT2D eigenvalue weighted by molar-refractivity contribution is 0.103. The molecule has 0 aliphatic rings.